The molecule has 0 bridgehead atoms. The van der Waals surface area contributed by atoms with Gasteiger partial charge in [0.05, 0.1) is 18.8 Å². The van der Waals surface area contributed by atoms with E-state index in [4.69, 9.17) is 0 Å². The third kappa shape index (κ3) is 3.07. The minimum Gasteiger partial charge on any atom is -0.394 e. The van der Waals surface area contributed by atoms with Gasteiger partial charge >= 0.3 is 0 Å². The lowest BCUT2D eigenvalue weighted by molar-refractivity contribution is 0.132. The van der Waals surface area contributed by atoms with Gasteiger partial charge in [0.15, 0.2) is 0 Å². The normalized spacial score (nSPS) is 11.5. The molecule has 0 aromatic carbocycles. The molecule has 1 rings (SSSR count). The van der Waals surface area contributed by atoms with Crippen LogP contribution in [0.1, 0.15) is 13.3 Å². The third-order valence-electron chi connectivity index (χ3n) is 2.53. The van der Waals surface area contributed by atoms with Gasteiger partial charge in [0.25, 0.3) is 0 Å². The highest BCUT2D eigenvalue weighted by molar-refractivity contribution is 7.98. The van der Waals surface area contributed by atoms with Crippen molar-refractivity contribution >= 4 is 17.6 Å². The van der Waals surface area contributed by atoms with Crippen LogP contribution in [0.15, 0.2) is 17.4 Å². The molecule has 0 saturated carbocycles. The van der Waals surface area contributed by atoms with E-state index in [0.29, 0.717) is 12.2 Å². The molecule has 90 valence electrons. The highest BCUT2D eigenvalue weighted by Crippen LogP contribution is 2.19. The Morgan fingerprint density at radius 3 is 2.56 bits per heavy atom. The molecule has 1 aromatic rings. The molecule has 6 heteroatoms. The first-order valence-electron chi connectivity index (χ1n) is 5.05. The summed E-state index contributed by atoms with van der Waals surface area (Å²) in [4.78, 5) is 8.11. The van der Waals surface area contributed by atoms with Crippen molar-refractivity contribution < 1.29 is 10.2 Å². The van der Waals surface area contributed by atoms with Crippen LogP contribution in [0.3, 0.4) is 0 Å². The van der Waals surface area contributed by atoms with Gasteiger partial charge in [-0.3, -0.25) is 0 Å². The number of aliphatic hydroxyl groups is 2. The molecule has 0 saturated heterocycles. The fourth-order valence-electron chi connectivity index (χ4n) is 1.23. The van der Waals surface area contributed by atoms with Crippen LogP contribution in [0.4, 0.5) is 5.82 Å². The molecule has 0 unspecified atom stereocenters. The second-order valence-corrected chi connectivity index (χ2v) is 4.35. The Bertz CT molecular complexity index is 323. The summed E-state index contributed by atoms with van der Waals surface area (Å²) in [7, 11) is 0. The van der Waals surface area contributed by atoms with Gasteiger partial charge in [0.2, 0.25) is 0 Å². The zero-order chi connectivity index (χ0) is 12.0. The van der Waals surface area contributed by atoms with Gasteiger partial charge in [-0.25, -0.2) is 9.97 Å². The highest BCUT2D eigenvalue weighted by Gasteiger charge is 2.26. The van der Waals surface area contributed by atoms with Crippen molar-refractivity contribution in [1.29, 1.82) is 0 Å². The molecule has 0 amide bonds. The van der Waals surface area contributed by atoms with Crippen molar-refractivity contribution in [1.82, 2.24) is 9.97 Å². The monoisotopic (exact) mass is 243 g/mol. The lowest BCUT2D eigenvalue weighted by Gasteiger charge is -2.30. The summed E-state index contributed by atoms with van der Waals surface area (Å²) in [6.45, 7) is 1.62. The predicted molar refractivity (Wildman–Crippen MR) is 64.6 cm³/mol. The van der Waals surface area contributed by atoms with E-state index in [2.05, 4.69) is 15.3 Å². The van der Waals surface area contributed by atoms with Crippen LogP contribution in [-0.2, 0) is 0 Å². The Kier molecular flexibility index (Phi) is 4.98. The van der Waals surface area contributed by atoms with Gasteiger partial charge in [0.1, 0.15) is 17.2 Å². The zero-order valence-corrected chi connectivity index (χ0v) is 10.3. The van der Waals surface area contributed by atoms with Crippen LogP contribution in [0.5, 0.6) is 0 Å². The average Bonchev–Trinajstić information content (AvgIpc) is 2.36. The summed E-state index contributed by atoms with van der Waals surface area (Å²) >= 11 is 1.52. The van der Waals surface area contributed by atoms with E-state index in [1.54, 1.807) is 6.07 Å². The number of hydrogen-bond donors (Lipinski definition) is 3. The molecular weight excluding hydrogens is 226 g/mol. The Balaban J connectivity index is 2.84. The first kappa shape index (κ1) is 13.2. The van der Waals surface area contributed by atoms with Crippen molar-refractivity contribution in [2.75, 3.05) is 24.8 Å². The SMILES string of the molecule is CCC(CO)(CO)Nc1cc(SC)ncn1. The van der Waals surface area contributed by atoms with E-state index in [1.165, 1.54) is 18.1 Å². The van der Waals surface area contributed by atoms with E-state index in [-0.39, 0.29) is 13.2 Å². The molecule has 0 aliphatic heterocycles. The standard InChI is InChI=1S/C10H17N3O2S/c1-3-10(5-14,6-15)13-8-4-9(16-2)12-7-11-8/h4,7,14-15H,3,5-6H2,1-2H3,(H,11,12,13). The van der Waals surface area contributed by atoms with Crippen molar-refractivity contribution in [3.8, 4) is 0 Å². The molecule has 5 nitrogen and oxygen atoms in total. The number of nitrogens with one attached hydrogen (secondary N) is 1. The molecule has 0 fully saturated rings. The van der Waals surface area contributed by atoms with Crippen molar-refractivity contribution in [2.24, 2.45) is 0 Å². The van der Waals surface area contributed by atoms with Crippen LogP contribution in [-0.4, -0.2) is 45.2 Å². The number of rotatable bonds is 6. The number of hydrogen-bond acceptors (Lipinski definition) is 6. The smallest absolute Gasteiger partial charge is 0.131 e. The molecule has 3 N–H and O–H groups in total. The van der Waals surface area contributed by atoms with Gasteiger partial charge in [-0.15, -0.1) is 11.8 Å². The van der Waals surface area contributed by atoms with E-state index in [0.717, 1.165) is 5.03 Å². The Morgan fingerprint density at radius 1 is 1.38 bits per heavy atom. The molecular formula is C10H17N3O2S. The first-order valence-corrected chi connectivity index (χ1v) is 6.28. The molecule has 0 radical (unpaired) electrons. The second kappa shape index (κ2) is 6.03. The molecule has 16 heavy (non-hydrogen) atoms. The Labute approximate surface area is 99.3 Å². The molecule has 1 heterocycles. The summed E-state index contributed by atoms with van der Waals surface area (Å²) in [5, 5.41) is 22.5. The topological polar surface area (TPSA) is 78.3 Å². The highest BCUT2D eigenvalue weighted by atomic mass is 32.2. The summed E-state index contributed by atoms with van der Waals surface area (Å²) in [6.07, 6.45) is 4.00. The quantitative estimate of drug-likeness (QED) is 0.505. The lowest BCUT2D eigenvalue weighted by Crippen LogP contribution is -2.45. The molecule has 1 aromatic heterocycles. The molecule has 0 aliphatic carbocycles. The van der Waals surface area contributed by atoms with Gasteiger partial charge in [-0.05, 0) is 12.7 Å². The summed E-state index contributed by atoms with van der Waals surface area (Å²) in [5.74, 6) is 0.615. The van der Waals surface area contributed by atoms with Gasteiger partial charge in [-0.1, -0.05) is 6.92 Å². The van der Waals surface area contributed by atoms with Gasteiger partial charge in [0, 0.05) is 6.07 Å². The maximum atomic E-state index is 9.29. The van der Waals surface area contributed by atoms with Gasteiger partial charge in [-0.2, -0.15) is 0 Å². The number of anilines is 1. The van der Waals surface area contributed by atoms with Crippen LogP contribution >= 0.6 is 11.8 Å². The van der Waals surface area contributed by atoms with Gasteiger partial charge < -0.3 is 15.5 Å². The van der Waals surface area contributed by atoms with Crippen LogP contribution < -0.4 is 5.32 Å². The van der Waals surface area contributed by atoms with E-state index in [1.807, 2.05) is 13.2 Å². The minimum atomic E-state index is -0.718. The largest absolute Gasteiger partial charge is 0.394 e. The molecule has 0 spiro atoms. The number of aromatic nitrogens is 2. The van der Waals surface area contributed by atoms with Crippen LogP contribution in [0.25, 0.3) is 0 Å². The number of thioether (sulfide) groups is 1. The van der Waals surface area contributed by atoms with Crippen LogP contribution in [0, 0.1) is 0 Å². The van der Waals surface area contributed by atoms with Crippen molar-refractivity contribution in [3.05, 3.63) is 12.4 Å². The maximum absolute atomic E-state index is 9.29. The fourth-order valence-corrected chi connectivity index (χ4v) is 1.61. The molecule has 0 atom stereocenters. The Morgan fingerprint density at radius 2 is 2.06 bits per heavy atom. The molecule has 0 aliphatic rings. The van der Waals surface area contributed by atoms with E-state index < -0.39 is 5.54 Å². The maximum Gasteiger partial charge on any atom is 0.131 e. The van der Waals surface area contributed by atoms with Crippen LogP contribution in [0.2, 0.25) is 0 Å². The van der Waals surface area contributed by atoms with Crippen molar-refractivity contribution in [3.63, 3.8) is 0 Å². The van der Waals surface area contributed by atoms with E-state index in [9.17, 15) is 10.2 Å². The number of nitrogens with zero attached hydrogens (tertiary/aromatic N) is 2. The zero-order valence-electron chi connectivity index (χ0n) is 9.47. The summed E-state index contributed by atoms with van der Waals surface area (Å²) < 4.78 is 0. The predicted octanol–water partition coefficient (Wildman–Crippen LogP) is 0.744. The average molecular weight is 243 g/mol. The van der Waals surface area contributed by atoms with E-state index >= 15 is 0 Å². The summed E-state index contributed by atoms with van der Waals surface area (Å²) in [5.41, 5.74) is -0.718. The number of aliphatic hydroxyl groups excluding tert-OH is 2. The van der Waals surface area contributed by atoms with Crippen molar-refractivity contribution in [2.45, 2.75) is 23.9 Å². The second-order valence-electron chi connectivity index (χ2n) is 3.52. The first-order chi connectivity index (χ1) is 7.69. The summed E-state index contributed by atoms with van der Waals surface area (Å²) in [6, 6.07) is 1.79. The fraction of sp³-hybridized carbons (Fsp3) is 0.600. The third-order valence-corrected chi connectivity index (χ3v) is 3.17. The minimum absolute atomic E-state index is 0.140. The Hall–Kier alpha value is -0.850. The lowest BCUT2D eigenvalue weighted by atomic mass is 9.98.